The molecule has 4 rings (SSSR count). The van der Waals surface area contributed by atoms with Gasteiger partial charge in [0.25, 0.3) is 0 Å². The van der Waals surface area contributed by atoms with E-state index in [-0.39, 0.29) is 16.8 Å². The molecule has 2 aromatic heterocycles. The molecule has 3 unspecified atom stereocenters. The Balaban J connectivity index is 0.000000231. The van der Waals surface area contributed by atoms with E-state index in [0.29, 0.717) is 11.8 Å². The van der Waals surface area contributed by atoms with Gasteiger partial charge in [0.2, 0.25) is 0 Å². The van der Waals surface area contributed by atoms with Gasteiger partial charge in [-0.05, 0) is 76.1 Å². The Morgan fingerprint density at radius 3 is 1.94 bits per heavy atom. The first-order chi connectivity index (χ1) is 16.4. The summed E-state index contributed by atoms with van der Waals surface area (Å²) in [6.45, 7) is 24.8. The van der Waals surface area contributed by atoms with Crippen molar-refractivity contribution in [3.63, 3.8) is 0 Å². The summed E-state index contributed by atoms with van der Waals surface area (Å²) in [6.07, 6.45) is 3.98. The summed E-state index contributed by atoms with van der Waals surface area (Å²) in [5.74, 6) is 0.752. The first kappa shape index (κ1) is 29.4. The van der Waals surface area contributed by atoms with Crippen LogP contribution in [0.1, 0.15) is 115 Å². The van der Waals surface area contributed by atoms with Gasteiger partial charge in [0, 0.05) is 23.5 Å². The smallest absolute Gasteiger partial charge is 0.129 e. The van der Waals surface area contributed by atoms with Crippen molar-refractivity contribution in [1.29, 1.82) is 0 Å². The monoisotopic (exact) mass is 486 g/mol. The molecular weight excluding hydrogens is 439 g/mol. The fourth-order valence-electron chi connectivity index (χ4n) is 5.62. The highest BCUT2D eigenvalue weighted by Gasteiger charge is 2.50. The van der Waals surface area contributed by atoms with Gasteiger partial charge in [0.05, 0.1) is 22.6 Å². The van der Waals surface area contributed by atoms with Crippen LogP contribution in [-0.4, -0.2) is 16.6 Å². The molecule has 196 valence electrons. The number of hydrogen-bond acceptors (Lipinski definition) is 4. The summed E-state index contributed by atoms with van der Waals surface area (Å²) in [4.78, 5) is 8.86. The molecule has 2 aliphatic heterocycles. The minimum absolute atomic E-state index is 0.211. The molecule has 0 N–H and O–H groups in total. The Labute approximate surface area is 213 Å². The van der Waals surface area contributed by atoms with Crippen LogP contribution in [0.4, 0.5) is 4.39 Å². The molecule has 0 spiro atoms. The van der Waals surface area contributed by atoms with Crippen molar-refractivity contribution in [2.75, 3.05) is 6.67 Å². The molecule has 2 aromatic rings. The van der Waals surface area contributed by atoms with Crippen LogP contribution in [0.15, 0.2) is 24.5 Å². The molecule has 0 radical (unpaired) electrons. The Bertz CT molecular complexity index is 1000. The van der Waals surface area contributed by atoms with Crippen LogP contribution in [0, 0.1) is 25.7 Å². The first-order valence-electron chi connectivity index (χ1n) is 13.2. The summed E-state index contributed by atoms with van der Waals surface area (Å²) >= 11 is 0. The highest BCUT2D eigenvalue weighted by molar-refractivity contribution is 5.41. The second-order valence-corrected chi connectivity index (χ2v) is 10.8. The minimum atomic E-state index is -0.502. The van der Waals surface area contributed by atoms with Gasteiger partial charge in [-0.2, -0.15) is 0 Å². The number of hydrogen-bond donors (Lipinski definition) is 0. The van der Waals surface area contributed by atoms with Crippen LogP contribution in [0.2, 0.25) is 0 Å². The van der Waals surface area contributed by atoms with Crippen molar-refractivity contribution in [2.45, 2.75) is 112 Å². The van der Waals surface area contributed by atoms with Gasteiger partial charge >= 0.3 is 0 Å². The lowest BCUT2D eigenvalue weighted by molar-refractivity contribution is -0.139. The SMILES string of the molecule is CC.CCC1(C(C)C)OC(CF)c2nccc(C)c21.Cc1ccnc2c1C(C)(C(C)C)OC2(C)C. The number of aromatic nitrogens is 2. The van der Waals surface area contributed by atoms with E-state index in [1.165, 1.54) is 11.1 Å². The highest BCUT2D eigenvalue weighted by Crippen LogP contribution is 2.51. The summed E-state index contributed by atoms with van der Waals surface area (Å²) in [5, 5.41) is 0. The number of nitrogens with zero attached hydrogens (tertiary/aromatic N) is 2. The molecule has 0 saturated heterocycles. The molecule has 0 fully saturated rings. The fourth-order valence-corrected chi connectivity index (χ4v) is 5.62. The highest BCUT2D eigenvalue weighted by atomic mass is 19.1. The Morgan fingerprint density at radius 1 is 0.914 bits per heavy atom. The molecule has 4 nitrogen and oxygen atoms in total. The molecule has 0 saturated carbocycles. The van der Waals surface area contributed by atoms with Crippen LogP contribution in [0.25, 0.3) is 0 Å². The lowest BCUT2D eigenvalue weighted by atomic mass is 9.80. The average Bonchev–Trinajstić information content (AvgIpc) is 3.27. The van der Waals surface area contributed by atoms with E-state index >= 15 is 0 Å². The number of ether oxygens (including phenoxy) is 2. The number of fused-ring (bicyclic) bond motifs is 2. The molecule has 0 aromatic carbocycles. The van der Waals surface area contributed by atoms with Gasteiger partial charge in [-0.25, -0.2) is 4.39 Å². The number of rotatable bonds is 4. The normalized spacial score (nSPS) is 26.0. The van der Waals surface area contributed by atoms with Crippen molar-refractivity contribution >= 4 is 0 Å². The van der Waals surface area contributed by atoms with E-state index in [2.05, 4.69) is 85.3 Å². The standard InChI is InChI=1S/C14H20FNO.C14H21NO.C2H6/c1-5-14(9(2)3)12-10(4)6-7-16-13(12)11(8-15)17-14;1-9(2)14(6)11-10(3)7-8-15-12(11)13(4,5)16-14;1-2/h6-7,9,11H,5,8H2,1-4H3;7-9H,1-6H3;1-2H3. The van der Waals surface area contributed by atoms with Gasteiger partial charge in [-0.1, -0.05) is 48.5 Å². The third-order valence-corrected chi connectivity index (χ3v) is 7.66. The van der Waals surface area contributed by atoms with Crippen LogP contribution in [0.5, 0.6) is 0 Å². The predicted octanol–water partition coefficient (Wildman–Crippen LogP) is 8.24. The maximum Gasteiger partial charge on any atom is 0.129 e. The quantitative estimate of drug-likeness (QED) is 0.436. The van der Waals surface area contributed by atoms with Crippen LogP contribution < -0.4 is 0 Å². The van der Waals surface area contributed by atoms with Crippen molar-refractivity contribution < 1.29 is 13.9 Å². The van der Waals surface area contributed by atoms with Gasteiger partial charge < -0.3 is 9.47 Å². The first-order valence-corrected chi connectivity index (χ1v) is 13.2. The molecule has 0 bridgehead atoms. The van der Waals surface area contributed by atoms with Gasteiger partial charge in [-0.15, -0.1) is 0 Å². The van der Waals surface area contributed by atoms with E-state index < -0.39 is 12.8 Å². The molecule has 2 aliphatic rings. The van der Waals surface area contributed by atoms with E-state index in [9.17, 15) is 4.39 Å². The van der Waals surface area contributed by atoms with Crippen molar-refractivity contribution in [3.8, 4) is 0 Å². The van der Waals surface area contributed by atoms with Crippen molar-refractivity contribution in [2.24, 2.45) is 11.8 Å². The summed E-state index contributed by atoms with van der Waals surface area (Å²) in [6, 6.07) is 4.06. The molecular formula is C30H47FN2O2. The van der Waals surface area contributed by atoms with Gasteiger partial charge in [0.1, 0.15) is 18.4 Å². The zero-order valence-corrected chi connectivity index (χ0v) is 24.0. The third-order valence-electron chi connectivity index (χ3n) is 7.66. The second-order valence-electron chi connectivity index (χ2n) is 10.8. The zero-order valence-electron chi connectivity index (χ0n) is 24.0. The number of halogens is 1. The maximum atomic E-state index is 13.1. The largest absolute Gasteiger partial charge is 0.358 e. The Morgan fingerprint density at radius 2 is 1.46 bits per heavy atom. The minimum Gasteiger partial charge on any atom is -0.358 e. The third kappa shape index (κ3) is 5.04. The summed E-state index contributed by atoms with van der Waals surface area (Å²) in [5.41, 5.74) is 5.87. The molecule has 3 atom stereocenters. The number of alkyl halides is 1. The lowest BCUT2D eigenvalue weighted by Crippen LogP contribution is -2.32. The molecule has 0 aliphatic carbocycles. The molecule has 5 heteroatoms. The Hall–Kier alpha value is -1.85. The summed E-state index contributed by atoms with van der Waals surface area (Å²) in [7, 11) is 0. The Kier molecular flexibility index (Phi) is 9.27. The topological polar surface area (TPSA) is 44.2 Å². The maximum absolute atomic E-state index is 13.1. The van der Waals surface area contributed by atoms with E-state index in [0.717, 1.165) is 28.9 Å². The van der Waals surface area contributed by atoms with Crippen molar-refractivity contribution in [1.82, 2.24) is 9.97 Å². The van der Waals surface area contributed by atoms with E-state index in [1.807, 2.05) is 26.1 Å². The van der Waals surface area contributed by atoms with E-state index in [1.54, 1.807) is 6.20 Å². The molecule has 35 heavy (non-hydrogen) atoms. The number of pyridine rings is 2. The van der Waals surface area contributed by atoms with E-state index in [4.69, 9.17) is 9.47 Å². The van der Waals surface area contributed by atoms with Crippen LogP contribution in [-0.2, 0) is 26.3 Å². The van der Waals surface area contributed by atoms with Gasteiger partial charge in [-0.3, -0.25) is 9.97 Å². The summed E-state index contributed by atoms with van der Waals surface area (Å²) < 4.78 is 25.4. The molecule has 4 heterocycles. The second kappa shape index (κ2) is 11.0. The molecule has 0 amide bonds. The number of aryl methyl sites for hydroxylation is 2. The zero-order chi connectivity index (χ0) is 26.8. The lowest BCUT2D eigenvalue weighted by Gasteiger charge is -2.34. The van der Waals surface area contributed by atoms with Crippen LogP contribution >= 0.6 is 0 Å². The van der Waals surface area contributed by atoms with Crippen LogP contribution in [0.3, 0.4) is 0 Å². The van der Waals surface area contributed by atoms with Gasteiger partial charge in [0.15, 0.2) is 0 Å². The van der Waals surface area contributed by atoms with Crippen molar-refractivity contribution in [3.05, 3.63) is 58.2 Å². The predicted molar refractivity (Wildman–Crippen MR) is 142 cm³/mol. The fraction of sp³-hybridized carbons (Fsp3) is 0.667. The average molecular weight is 487 g/mol.